The Hall–Kier alpha value is -2.06. The molecule has 0 heterocycles. The average molecular weight is 251 g/mol. The van der Waals surface area contributed by atoms with Gasteiger partial charge in [0.2, 0.25) is 0 Å². The molecule has 0 aliphatic heterocycles. The second-order valence-electron chi connectivity index (χ2n) is 5.16. The molecule has 2 heteroatoms. The molecule has 0 unspecified atom stereocenters. The largest absolute Gasteiger partial charge is 0.507 e. The lowest BCUT2D eigenvalue weighted by Gasteiger charge is -2.16. The minimum atomic E-state index is 0.406. The fraction of sp³-hybridized carbons (Fsp3) is 0.176. The fourth-order valence-electron chi connectivity index (χ4n) is 2.67. The maximum absolute atomic E-state index is 10.6. The summed E-state index contributed by atoms with van der Waals surface area (Å²) in [6.45, 7) is 0.733. The topological polar surface area (TPSA) is 23.5 Å². The lowest BCUT2D eigenvalue weighted by Crippen LogP contribution is -2.11. The van der Waals surface area contributed by atoms with Crippen LogP contribution in [0.2, 0.25) is 0 Å². The van der Waals surface area contributed by atoms with Gasteiger partial charge in [-0.1, -0.05) is 48.5 Å². The molecule has 3 aromatic rings. The van der Waals surface area contributed by atoms with Gasteiger partial charge in [0.05, 0.1) is 0 Å². The molecule has 3 aromatic carbocycles. The molecule has 0 aliphatic carbocycles. The Labute approximate surface area is 112 Å². The first-order valence-corrected chi connectivity index (χ1v) is 6.44. The van der Waals surface area contributed by atoms with Crippen molar-refractivity contribution in [3.05, 3.63) is 54.1 Å². The van der Waals surface area contributed by atoms with Crippen molar-refractivity contribution in [3.63, 3.8) is 0 Å². The third-order valence-electron chi connectivity index (χ3n) is 3.48. The highest BCUT2D eigenvalue weighted by Gasteiger charge is 2.13. The molecule has 0 saturated heterocycles. The minimum Gasteiger partial charge on any atom is -0.507 e. The van der Waals surface area contributed by atoms with Gasteiger partial charge in [0.25, 0.3) is 0 Å². The van der Waals surface area contributed by atoms with Gasteiger partial charge < -0.3 is 10.0 Å². The van der Waals surface area contributed by atoms with E-state index in [4.69, 9.17) is 0 Å². The van der Waals surface area contributed by atoms with Crippen LogP contribution in [-0.2, 0) is 6.54 Å². The van der Waals surface area contributed by atoms with Crippen molar-refractivity contribution in [2.45, 2.75) is 6.54 Å². The summed E-state index contributed by atoms with van der Waals surface area (Å²) in [6, 6.07) is 16.3. The molecule has 0 fully saturated rings. The van der Waals surface area contributed by atoms with Crippen molar-refractivity contribution >= 4 is 21.5 Å². The lowest BCUT2D eigenvalue weighted by atomic mass is 9.96. The molecular weight excluding hydrogens is 234 g/mol. The molecule has 0 saturated carbocycles. The fourth-order valence-corrected chi connectivity index (χ4v) is 2.67. The van der Waals surface area contributed by atoms with Crippen molar-refractivity contribution in [3.8, 4) is 5.75 Å². The van der Waals surface area contributed by atoms with Gasteiger partial charge in [0.15, 0.2) is 0 Å². The van der Waals surface area contributed by atoms with Crippen molar-refractivity contribution in [1.82, 2.24) is 4.90 Å². The number of aromatic hydroxyl groups is 1. The Balaban J connectivity index is 2.47. The monoisotopic (exact) mass is 251 g/mol. The predicted molar refractivity (Wildman–Crippen MR) is 80.5 cm³/mol. The number of hydrogen-bond donors (Lipinski definition) is 1. The zero-order chi connectivity index (χ0) is 13.4. The Kier molecular flexibility index (Phi) is 2.88. The van der Waals surface area contributed by atoms with Gasteiger partial charge in [-0.25, -0.2) is 0 Å². The molecule has 0 atom stereocenters. The van der Waals surface area contributed by atoms with Crippen LogP contribution in [0.1, 0.15) is 5.56 Å². The van der Waals surface area contributed by atoms with E-state index in [2.05, 4.69) is 23.1 Å². The third-order valence-corrected chi connectivity index (χ3v) is 3.48. The zero-order valence-corrected chi connectivity index (χ0v) is 11.2. The number of hydrogen-bond acceptors (Lipinski definition) is 2. The SMILES string of the molecule is CN(C)Cc1c(O)c2ccccc2c2ccccc12. The summed E-state index contributed by atoms with van der Waals surface area (Å²) in [6.07, 6.45) is 0. The van der Waals surface area contributed by atoms with Crippen LogP contribution in [0.4, 0.5) is 0 Å². The standard InChI is InChI=1S/C17H17NO/c1-18(2)11-16-14-9-4-3-7-12(14)13-8-5-6-10-15(13)17(16)19/h3-10,19H,11H2,1-2H3. The van der Waals surface area contributed by atoms with E-state index in [9.17, 15) is 5.11 Å². The molecule has 0 aliphatic rings. The van der Waals surface area contributed by atoms with Crippen LogP contribution in [0.25, 0.3) is 21.5 Å². The summed E-state index contributed by atoms with van der Waals surface area (Å²) in [5.74, 6) is 0.406. The van der Waals surface area contributed by atoms with Crippen LogP contribution < -0.4 is 0 Å². The summed E-state index contributed by atoms with van der Waals surface area (Å²) in [5.41, 5.74) is 0.999. The summed E-state index contributed by atoms with van der Waals surface area (Å²) in [4.78, 5) is 2.08. The van der Waals surface area contributed by atoms with E-state index in [1.807, 2.05) is 44.4 Å². The van der Waals surface area contributed by atoms with Crippen LogP contribution in [0.3, 0.4) is 0 Å². The number of nitrogens with zero attached hydrogens (tertiary/aromatic N) is 1. The summed E-state index contributed by atoms with van der Waals surface area (Å²) < 4.78 is 0. The highest BCUT2D eigenvalue weighted by molar-refractivity contribution is 6.11. The molecule has 1 N–H and O–H groups in total. The van der Waals surface area contributed by atoms with E-state index in [0.717, 1.165) is 28.3 Å². The van der Waals surface area contributed by atoms with Crippen LogP contribution in [0, 0.1) is 0 Å². The molecule has 0 amide bonds. The van der Waals surface area contributed by atoms with Crippen LogP contribution in [0.15, 0.2) is 48.5 Å². The summed E-state index contributed by atoms with van der Waals surface area (Å²) in [7, 11) is 4.03. The number of phenols is 1. The summed E-state index contributed by atoms with van der Waals surface area (Å²) in [5, 5.41) is 14.9. The molecule has 3 rings (SSSR count). The number of fused-ring (bicyclic) bond motifs is 3. The minimum absolute atomic E-state index is 0.406. The smallest absolute Gasteiger partial charge is 0.128 e. The van der Waals surface area contributed by atoms with E-state index < -0.39 is 0 Å². The lowest BCUT2D eigenvalue weighted by molar-refractivity contribution is 0.389. The molecule has 0 aromatic heterocycles. The van der Waals surface area contributed by atoms with Gasteiger partial charge in [-0.3, -0.25) is 0 Å². The predicted octanol–water partition coefficient (Wildman–Crippen LogP) is 3.76. The van der Waals surface area contributed by atoms with Gasteiger partial charge in [-0.2, -0.15) is 0 Å². The Bertz CT molecular complexity index is 747. The molecule has 0 spiro atoms. The third kappa shape index (κ3) is 1.94. The van der Waals surface area contributed by atoms with Crippen LogP contribution >= 0.6 is 0 Å². The summed E-state index contributed by atoms with van der Waals surface area (Å²) >= 11 is 0. The molecular formula is C17H17NO. The van der Waals surface area contributed by atoms with Crippen molar-refractivity contribution in [1.29, 1.82) is 0 Å². The molecule has 19 heavy (non-hydrogen) atoms. The van der Waals surface area contributed by atoms with Gasteiger partial charge in [-0.15, -0.1) is 0 Å². The molecule has 96 valence electrons. The van der Waals surface area contributed by atoms with Gasteiger partial charge in [0.1, 0.15) is 5.75 Å². The first-order chi connectivity index (χ1) is 9.18. The number of benzene rings is 3. The van der Waals surface area contributed by atoms with Crippen LogP contribution in [-0.4, -0.2) is 24.1 Å². The normalized spacial score (nSPS) is 11.5. The first-order valence-electron chi connectivity index (χ1n) is 6.44. The van der Waals surface area contributed by atoms with Gasteiger partial charge in [-0.05, 0) is 30.3 Å². The average Bonchev–Trinajstić information content (AvgIpc) is 2.43. The highest BCUT2D eigenvalue weighted by atomic mass is 16.3. The highest BCUT2D eigenvalue weighted by Crippen LogP contribution is 2.37. The van der Waals surface area contributed by atoms with Crippen molar-refractivity contribution < 1.29 is 5.11 Å². The Morgan fingerprint density at radius 2 is 1.26 bits per heavy atom. The number of rotatable bonds is 2. The first kappa shape index (κ1) is 12.0. The Morgan fingerprint density at radius 1 is 0.789 bits per heavy atom. The van der Waals surface area contributed by atoms with Crippen molar-refractivity contribution in [2.24, 2.45) is 0 Å². The molecule has 2 nitrogen and oxygen atoms in total. The molecule has 0 bridgehead atoms. The quantitative estimate of drug-likeness (QED) is 0.701. The van der Waals surface area contributed by atoms with E-state index in [0.29, 0.717) is 5.75 Å². The van der Waals surface area contributed by atoms with Gasteiger partial charge >= 0.3 is 0 Å². The van der Waals surface area contributed by atoms with E-state index in [-0.39, 0.29) is 0 Å². The maximum atomic E-state index is 10.6. The van der Waals surface area contributed by atoms with E-state index >= 15 is 0 Å². The molecule has 0 radical (unpaired) electrons. The second-order valence-corrected chi connectivity index (χ2v) is 5.16. The second kappa shape index (κ2) is 4.56. The van der Waals surface area contributed by atoms with Crippen molar-refractivity contribution in [2.75, 3.05) is 14.1 Å². The van der Waals surface area contributed by atoms with Crippen LogP contribution in [0.5, 0.6) is 5.75 Å². The zero-order valence-electron chi connectivity index (χ0n) is 11.2. The van der Waals surface area contributed by atoms with E-state index in [1.54, 1.807) is 0 Å². The number of phenolic OH excluding ortho intramolecular Hbond substituents is 1. The van der Waals surface area contributed by atoms with E-state index in [1.165, 1.54) is 5.39 Å². The van der Waals surface area contributed by atoms with Gasteiger partial charge in [0, 0.05) is 17.5 Å². The Morgan fingerprint density at radius 3 is 1.84 bits per heavy atom. The maximum Gasteiger partial charge on any atom is 0.128 e.